The van der Waals surface area contributed by atoms with Gasteiger partial charge in [0.15, 0.2) is 0 Å². The van der Waals surface area contributed by atoms with E-state index in [0.717, 1.165) is 32.4 Å². The molecule has 4 heteroatoms. The molecule has 0 aromatic carbocycles. The van der Waals surface area contributed by atoms with Gasteiger partial charge in [-0.05, 0) is 38.8 Å². The lowest BCUT2D eigenvalue weighted by Gasteiger charge is -2.36. The van der Waals surface area contributed by atoms with Crippen LogP contribution in [0.2, 0.25) is 0 Å². The Morgan fingerprint density at radius 2 is 2.06 bits per heavy atom. The Labute approximate surface area is 105 Å². The van der Waals surface area contributed by atoms with Gasteiger partial charge in [-0.25, -0.2) is 0 Å². The Balaban J connectivity index is 2.29. The third kappa shape index (κ3) is 4.64. The lowest BCUT2D eigenvalue weighted by atomic mass is 10.0. The Morgan fingerprint density at radius 1 is 1.41 bits per heavy atom. The third-order valence-corrected chi connectivity index (χ3v) is 3.63. The number of hydrogen-bond donors (Lipinski definition) is 1. The summed E-state index contributed by atoms with van der Waals surface area (Å²) in [7, 11) is 1.94. The van der Waals surface area contributed by atoms with Gasteiger partial charge in [0.1, 0.15) is 0 Å². The molecular formula is C13H27N3O. The van der Waals surface area contributed by atoms with Gasteiger partial charge < -0.3 is 15.5 Å². The lowest BCUT2D eigenvalue weighted by Crippen LogP contribution is -2.45. The molecule has 1 amide bonds. The predicted octanol–water partition coefficient (Wildman–Crippen LogP) is 1.06. The summed E-state index contributed by atoms with van der Waals surface area (Å²) >= 11 is 0. The van der Waals surface area contributed by atoms with Crippen LogP contribution in [-0.4, -0.2) is 55.0 Å². The number of hydrogen-bond acceptors (Lipinski definition) is 3. The van der Waals surface area contributed by atoms with Gasteiger partial charge in [0, 0.05) is 32.6 Å². The smallest absolute Gasteiger partial charge is 0.222 e. The largest absolute Gasteiger partial charge is 0.343 e. The molecule has 1 aliphatic heterocycles. The van der Waals surface area contributed by atoms with Crippen molar-refractivity contribution in [3.8, 4) is 0 Å². The van der Waals surface area contributed by atoms with E-state index in [1.54, 1.807) is 0 Å². The second-order valence-corrected chi connectivity index (χ2v) is 4.97. The molecule has 1 heterocycles. The van der Waals surface area contributed by atoms with Gasteiger partial charge in [-0.2, -0.15) is 0 Å². The highest BCUT2D eigenvalue weighted by Crippen LogP contribution is 2.16. The zero-order valence-corrected chi connectivity index (χ0v) is 11.3. The van der Waals surface area contributed by atoms with Gasteiger partial charge in [-0.1, -0.05) is 6.92 Å². The van der Waals surface area contributed by atoms with Crippen molar-refractivity contribution in [2.45, 2.75) is 45.1 Å². The van der Waals surface area contributed by atoms with Gasteiger partial charge in [-0.3, -0.25) is 4.79 Å². The Kier molecular flexibility index (Phi) is 6.52. The molecule has 0 aliphatic carbocycles. The zero-order valence-electron chi connectivity index (χ0n) is 11.3. The summed E-state index contributed by atoms with van der Waals surface area (Å²) in [5.41, 5.74) is 5.43. The first kappa shape index (κ1) is 14.5. The fourth-order valence-electron chi connectivity index (χ4n) is 2.48. The molecule has 1 fully saturated rings. The molecule has 1 rings (SSSR count). The molecular weight excluding hydrogens is 214 g/mol. The average molecular weight is 241 g/mol. The summed E-state index contributed by atoms with van der Waals surface area (Å²) in [6.45, 7) is 6.28. The number of rotatable bonds is 6. The van der Waals surface area contributed by atoms with Crippen LogP contribution in [0.15, 0.2) is 0 Å². The highest BCUT2D eigenvalue weighted by Gasteiger charge is 2.24. The van der Waals surface area contributed by atoms with Crippen LogP contribution < -0.4 is 5.73 Å². The standard InChI is InChI=1S/C13H27N3O/c1-3-9-16-10-6-12(7-11-16)15(2)13(17)5-4-8-14/h12H,3-11,14H2,1-2H3. The summed E-state index contributed by atoms with van der Waals surface area (Å²) in [5.74, 6) is 0.254. The quantitative estimate of drug-likeness (QED) is 0.756. The van der Waals surface area contributed by atoms with Crippen LogP contribution in [-0.2, 0) is 4.79 Å². The van der Waals surface area contributed by atoms with E-state index in [-0.39, 0.29) is 5.91 Å². The number of likely N-dealkylation sites (tertiary alicyclic amines) is 1. The highest BCUT2D eigenvalue weighted by molar-refractivity contribution is 5.76. The summed E-state index contributed by atoms with van der Waals surface area (Å²) < 4.78 is 0. The second-order valence-electron chi connectivity index (χ2n) is 4.97. The van der Waals surface area contributed by atoms with Crippen LogP contribution in [0, 0.1) is 0 Å². The maximum atomic E-state index is 11.9. The molecule has 2 N–H and O–H groups in total. The van der Waals surface area contributed by atoms with E-state index in [1.165, 1.54) is 13.0 Å². The first-order valence-corrected chi connectivity index (χ1v) is 6.87. The van der Waals surface area contributed by atoms with Crippen molar-refractivity contribution >= 4 is 5.91 Å². The molecule has 0 spiro atoms. The maximum Gasteiger partial charge on any atom is 0.222 e. The van der Waals surface area contributed by atoms with Crippen LogP contribution in [0.25, 0.3) is 0 Å². The summed E-state index contributed by atoms with van der Waals surface area (Å²) in [6.07, 6.45) is 4.85. The summed E-state index contributed by atoms with van der Waals surface area (Å²) in [6, 6.07) is 0.438. The number of nitrogens with two attached hydrogens (primary N) is 1. The van der Waals surface area contributed by atoms with Crippen LogP contribution in [0.1, 0.15) is 39.0 Å². The van der Waals surface area contributed by atoms with E-state index in [0.29, 0.717) is 19.0 Å². The minimum atomic E-state index is 0.254. The number of nitrogens with zero attached hydrogens (tertiary/aromatic N) is 2. The van der Waals surface area contributed by atoms with E-state index in [2.05, 4.69) is 11.8 Å². The summed E-state index contributed by atoms with van der Waals surface area (Å²) in [5, 5.41) is 0. The average Bonchev–Trinajstić information content (AvgIpc) is 2.36. The molecule has 0 saturated carbocycles. The first-order valence-electron chi connectivity index (χ1n) is 6.87. The van der Waals surface area contributed by atoms with Crippen molar-refractivity contribution in [2.75, 3.05) is 33.2 Å². The maximum absolute atomic E-state index is 11.9. The minimum absolute atomic E-state index is 0.254. The van der Waals surface area contributed by atoms with Crippen molar-refractivity contribution in [1.29, 1.82) is 0 Å². The zero-order chi connectivity index (χ0) is 12.7. The first-order chi connectivity index (χ1) is 8.19. The SMILES string of the molecule is CCCN1CCC(N(C)C(=O)CCCN)CC1. The number of amides is 1. The van der Waals surface area contributed by atoms with Crippen LogP contribution in [0.4, 0.5) is 0 Å². The fraction of sp³-hybridized carbons (Fsp3) is 0.923. The monoisotopic (exact) mass is 241 g/mol. The number of piperidine rings is 1. The van der Waals surface area contributed by atoms with Crippen molar-refractivity contribution in [2.24, 2.45) is 5.73 Å². The molecule has 0 bridgehead atoms. The molecule has 0 atom stereocenters. The Morgan fingerprint density at radius 3 is 2.59 bits per heavy atom. The molecule has 17 heavy (non-hydrogen) atoms. The molecule has 0 aromatic rings. The van der Waals surface area contributed by atoms with E-state index in [4.69, 9.17) is 5.73 Å². The van der Waals surface area contributed by atoms with Crippen molar-refractivity contribution in [3.63, 3.8) is 0 Å². The predicted molar refractivity (Wildman–Crippen MR) is 70.8 cm³/mol. The van der Waals surface area contributed by atoms with E-state index >= 15 is 0 Å². The molecule has 100 valence electrons. The fourth-order valence-corrected chi connectivity index (χ4v) is 2.48. The molecule has 4 nitrogen and oxygen atoms in total. The molecule has 1 aliphatic rings. The Bertz CT molecular complexity index is 225. The van der Waals surface area contributed by atoms with Gasteiger partial charge in [0.25, 0.3) is 0 Å². The number of carbonyl (C=O) groups is 1. The van der Waals surface area contributed by atoms with E-state index in [1.807, 2.05) is 11.9 Å². The van der Waals surface area contributed by atoms with Gasteiger partial charge in [-0.15, -0.1) is 0 Å². The van der Waals surface area contributed by atoms with Gasteiger partial charge in [0.05, 0.1) is 0 Å². The summed E-state index contributed by atoms with van der Waals surface area (Å²) in [4.78, 5) is 16.3. The molecule has 1 saturated heterocycles. The van der Waals surface area contributed by atoms with Crippen LogP contribution in [0.3, 0.4) is 0 Å². The highest BCUT2D eigenvalue weighted by atomic mass is 16.2. The normalized spacial score (nSPS) is 18.3. The Hall–Kier alpha value is -0.610. The van der Waals surface area contributed by atoms with Gasteiger partial charge >= 0.3 is 0 Å². The van der Waals surface area contributed by atoms with Crippen molar-refractivity contribution in [3.05, 3.63) is 0 Å². The van der Waals surface area contributed by atoms with Gasteiger partial charge in [0.2, 0.25) is 5.91 Å². The molecule has 0 aromatic heterocycles. The molecule has 0 unspecified atom stereocenters. The van der Waals surface area contributed by atoms with Crippen LogP contribution in [0.5, 0.6) is 0 Å². The second kappa shape index (κ2) is 7.67. The lowest BCUT2D eigenvalue weighted by molar-refractivity contribution is -0.132. The third-order valence-electron chi connectivity index (χ3n) is 3.63. The van der Waals surface area contributed by atoms with Crippen molar-refractivity contribution < 1.29 is 4.79 Å². The topological polar surface area (TPSA) is 49.6 Å². The van der Waals surface area contributed by atoms with Crippen LogP contribution >= 0.6 is 0 Å². The van der Waals surface area contributed by atoms with Crippen molar-refractivity contribution in [1.82, 2.24) is 9.80 Å². The number of carbonyl (C=O) groups excluding carboxylic acids is 1. The van der Waals surface area contributed by atoms with E-state index in [9.17, 15) is 4.79 Å². The van der Waals surface area contributed by atoms with E-state index < -0.39 is 0 Å². The molecule has 0 radical (unpaired) electrons. The minimum Gasteiger partial charge on any atom is -0.343 e.